The molecule has 1 amide bonds. The van der Waals surface area contributed by atoms with Gasteiger partial charge in [-0.2, -0.15) is 0 Å². The molecule has 5 nitrogen and oxygen atoms in total. The molecule has 0 saturated heterocycles. The maximum absolute atomic E-state index is 12.9. The fraction of sp³-hybridized carbons (Fsp3) is 0.467. The van der Waals surface area contributed by atoms with E-state index in [0.29, 0.717) is 12.5 Å². The van der Waals surface area contributed by atoms with Crippen molar-refractivity contribution in [1.82, 2.24) is 10.2 Å². The van der Waals surface area contributed by atoms with Crippen LogP contribution in [0.3, 0.4) is 0 Å². The summed E-state index contributed by atoms with van der Waals surface area (Å²) in [6.45, 7) is 1.14. The first-order valence-corrected chi connectivity index (χ1v) is 6.98. The molecule has 1 aliphatic carbocycles. The van der Waals surface area contributed by atoms with E-state index in [1.807, 2.05) is 4.90 Å². The molecule has 0 spiro atoms. The molecule has 1 aliphatic rings. The van der Waals surface area contributed by atoms with E-state index in [1.54, 1.807) is 12.1 Å². The average molecular weight is 294 g/mol. The van der Waals surface area contributed by atoms with Crippen LogP contribution in [0.4, 0.5) is 4.39 Å². The number of rotatable bonds is 8. The molecule has 2 N–H and O–H groups in total. The summed E-state index contributed by atoms with van der Waals surface area (Å²) in [7, 11) is 0. The van der Waals surface area contributed by atoms with Gasteiger partial charge >= 0.3 is 5.97 Å². The third-order valence-corrected chi connectivity index (χ3v) is 3.34. The third-order valence-electron chi connectivity index (χ3n) is 3.34. The molecule has 1 aromatic carbocycles. The van der Waals surface area contributed by atoms with Crippen molar-refractivity contribution in [2.75, 3.05) is 19.6 Å². The van der Waals surface area contributed by atoms with Crippen molar-refractivity contribution >= 4 is 11.9 Å². The van der Waals surface area contributed by atoms with E-state index in [4.69, 9.17) is 5.11 Å². The lowest BCUT2D eigenvalue weighted by Crippen LogP contribution is -2.39. The summed E-state index contributed by atoms with van der Waals surface area (Å²) in [6.07, 6.45) is 2.33. The van der Waals surface area contributed by atoms with Crippen molar-refractivity contribution in [2.24, 2.45) is 5.92 Å². The second kappa shape index (κ2) is 7.17. The minimum atomic E-state index is -1.06. The lowest BCUT2D eigenvalue weighted by atomic mass is 10.2. The number of hydrogen-bond acceptors (Lipinski definition) is 3. The highest BCUT2D eigenvalue weighted by molar-refractivity contribution is 5.82. The maximum Gasteiger partial charge on any atom is 0.322 e. The number of carboxylic acids is 1. The normalized spacial score (nSPS) is 14.2. The number of halogens is 1. The summed E-state index contributed by atoms with van der Waals surface area (Å²) in [5.74, 6) is -1.04. The number of carbonyl (C=O) groups is 2. The summed E-state index contributed by atoms with van der Waals surface area (Å²) < 4.78 is 12.9. The number of benzene rings is 1. The molecule has 1 aromatic rings. The van der Waals surface area contributed by atoms with Crippen LogP contribution in [0.1, 0.15) is 18.4 Å². The first-order chi connectivity index (χ1) is 10.0. The Morgan fingerprint density at radius 2 is 1.95 bits per heavy atom. The van der Waals surface area contributed by atoms with Gasteiger partial charge in [-0.05, 0) is 36.5 Å². The summed E-state index contributed by atoms with van der Waals surface area (Å²) in [5, 5.41) is 10.9. The Bertz CT molecular complexity index is 500. The van der Waals surface area contributed by atoms with E-state index in [9.17, 15) is 14.0 Å². The van der Waals surface area contributed by atoms with Gasteiger partial charge in [-0.15, -0.1) is 0 Å². The van der Waals surface area contributed by atoms with Crippen LogP contribution in [-0.4, -0.2) is 41.5 Å². The first kappa shape index (κ1) is 15.4. The third kappa shape index (κ3) is 5.91. The predicted molar refractivity (Wildman–Crippen MR) is 75.0 cm³/mol. The predicted octanol–water partition coefficient (Wildman–Crippen LogP) is 1.24. The molecule has 0 radical (unpaired) electrons. The Morgan fingerprint density at radius 3 is 2.52 bits per heavy atom. The molecule has 2 rings (SSSR count). The molecule has 0 atom stereocenters. The van der Waals surface area contributed by atoms with Crippen LogP contribution in [0, 0.1) is 11.7 Å². The molecule has 6 heteroatoms. The Labute approximate surface area is 122 Å². The minimum absolute atomic E-state index is 0.154. The zero-order valence-electron chi connectivity index (χ0n) is 11.7. The molecule has 1 saturated carbocycles. The van der Waals surface area contributed by atoms with Gasteiger partial charge < -0.3 is 10.4 Å². The van der Waals surface area contributed by atoms with Gasteiger partial charge in [0.1, 0.15) is 12.4 Å². The molecule has 0 unspecified atom stereocenters. The van der Waals surface area contributed by atoms with Gasteiger partial charge in [-0.25, -0.2) is 4.39 Å². The number of nitrogens with zero attached hydrogens (tertiary/aromatic N) is 1. The fourth-order valence-electron chi connectivity index (χ4n) is 2.13. The number of carboxylic acid groups (broad SMARTS) is 1. The van der Waals surface area contributed by atoms with Crippen molar-refractivity contribution in [3.8, 4) is 0 Å². The van der Waals surface area contributed by atoms with E-state index >= 15 is 0 Å². The van der Waals surface area contributed by atoms with Crippen LogP contribution in [0.15, 0.2) is 24.3 Å². The van der Waals surface area contributed by atoms with Crippen LogP contribution in [0.25, 0.3) is 0 Å². The van der Waals surface area contributed by atoms with E-state index in [1.165, 1.54) is 12.1 Å². The summed E-state index contributed by atoms with van der Waals surface area (Å²) in [6, 6.07) is 6.19. The van der Waals surface area contributed by atoms with Gasteiger partial charge in [0.05, 0.1) is 6.54 Å². The fourth-order valence-corrected chi connectivity index (χ4v) is 2.13. The van der Waals surface area contributed by atoms with Crippen LogP contribution in [0.2, 0.25) is 0 Å². The Hall–Kier alpha value is -1.95. The van der Waals surface area contributed by atoms with Crippen LogP contribution in [0.5, 0.6) is 0 Å². The largest absolute Gasteiger partial charge is 0.480 e. The molecular formula is C15H19FN2O3. The second-order valence-electron chi connectivity index (χ2n) is 5.41. The zero-order chi connectivity index (χ0) is 15.2. The quantitative estimate of drug-likeness (QED) is 0.757. The van der Waals surface area contributed by atoms with Crippen molar-refractivity contribution in [3.05, 3.63) is 35.6 Å². The lowest BCUT2D eigenvalue weighted by Gasteiger charge is -2.21. The first-order valence-electron chi connectivity index (χ1n) is 6.98. The van der Waals surface area contributed by atoms with Crippen molar-refractivity contribution in [3.63, 3.8) is 0 Å². The lowest BCUT2D eigenvalue weighted by molar-refractivity contribution is -0.138. The van der Waals surface area contributed by atoms with Gasteiger partial charge in [0.2, 0.25) is 5.91 Å². The van der Waals surface area contributed by atoms with Gasteiger partial charge in [-0.1, -0.05) is 12.1 Å². The summed E-state index contributed by atoms with van der Waals surface area (Å²) in [5.41, 5.74) is 0.933. The smallest absolute Gasteiger partial charge is 0.322 e. The van der Waals surface area contributed by atoms with Crippen molar-refractivity contribution in [2.45, 2.75) is 19.4 Å². The monoisotopic (exact) mass is 294 g/mol. The average Bonchev–Trinajstić information content (AvgIpc) is 3.23. The van der Waals surface area contributed by atoms with Gasteiger partial charge in [0, 0.05) is 13.1 Å². The highest BCUT2D eigenvalue weighted by Crippen LogP contribution is 2.30. The number of hydrogen-bond donors (Lipinski definition) is 2. The Kier molecular flexibility index (Phi) is 5.27. The summed E-state index contributed by atoms with van der Waals surface area (Å²) >= 11 is 0. The molecule has 0 aliphatic heterocycles. The molecular weight excluding hydrogens is 275 g/mol. The number of aliphatic carboxylic acids is 1. The number of nitrogens with one attached hydrogen (secondary N) is 1. The van der Waals surface area contributed by atoms with Gasteiger partial charge in [-0.3, -0.25) is 14.5 Å². The Balaban J connectivity index is 1.88. The van der Waals surface area contributed by atoms with Crippen LogP contribution in [-0.2, 0) is 16.1 Å². The van der Waals surface area contributed by atoms with E-state index < -0.39 is 5.97 Å². The zero-order valence-corrected chi connectivity index (χ0v) is 11.7. The molecule has 1 fully saturated rings. The molecule has 114 valence electrons. The van der Waals surface area contributed by atoms with E-state index in [0.717, 1.165) is 24.9 Å². The molecule has 21 heavy (non-hydrogen) atoms. The highest BCUT2D eigenvalue weighted by atomic mass is 19.1. The SMILES string of the molecule is O=C(O)CNC(=O)CN(Cc1ccc(F)cc1)CC1CC1. The number of carbonyl (C=O) groups excluding carboxylic acids is 1. The van der Waals surface area contributed by atoms with Gasteiger partial charge in [0.15, 0.2) is 0 Å². The van der Waals surface area contributed by atoms with Crippen LogP contribution < -0.4 is 5.32 Å². The standard InChI is InChI=1S/C15H19FN2O3/c16-13-5-3-12(4-6-13)9-18(8-11-1-2-11)10-14(19)17-7-15(20)21/h3-6,11H,1-2,7-10H2,(H,17,19)(H,20,21). The minimum Gasteiger partial charge on any atom is -0.480 e. The van der Waals surface area contributed by atoms with Crippen molar-refractivity contribution in [1.29, 1.82) is 0 Å². The van der Waals surface area contributed by atoms with E-state index in [-0.39, 0.29) is 24.8 Å². The van der Waals surface area contributed by atoms with Gasteiger partial charge in [0.25, 0.3) is 0 Å². The van der Waals surface area contributed by atoms with Crippen LogP contribution >= 0.6 is 0 Å². The molecule has 0 aromatic heterocycles. The second-order valence-corrected chi connectivity index (χ2v) is 5.41. The topological polar surface area (TPSA) is 69.6 Å². The molecule has 0 bridgehead atoms. The van der Waals surface area contributed by atoms with Crippen molar-refractivity contribution < 1.29 is 19.1 Å². The molecule has 0 heterocycles. The highest BCUT2D eigenvalue weighted by Gasteiger charge is 2.25. The Morgan fingerprint density at radius 1 is 1.29 bits per heavy atom. The summed E-state index contributed by atoms with van der Waals surface area (Å²) in [4.78, 5) is 24.1. The van der Waals surface area contributed by atoms with E-state index in [2.05, 4.69) is 5.32 Å². The number of amides is 1. The maximum atomic E-state index is 12.9.